The molecule has 0 radical (unpaired) electrons. The third kappa shape index (κ3) is 35.0. The molecule has 1 saturated heterocycles. The monoisotopic (exact) mass is 958 g/mol. The van der Waals surface area contributed by atoms with Gasteiger partial charge in [-0.15, -0.1) is 0 Å². The molecule has 8 N–H and O–H groups in total. The predicted molar refractivity (Wildman–Crippen MR) is 275 cm³/mol. The van der Waals surface area contributed by atoms with Gasteiger partial charge in [0.25, 0.3) is 0 Å². The Morgan fingerprint density at radius 1 is 0.463 bits per heavy atom. The summed E-state index contributed by atoms with van der Waals surface area (Å²) in [4.78, 5) is 13.1. The van der Waals surface area contributed by atoms with Crippen LogP contribution in [0.3, 0.4) is 0 Å². The zero-order valence-corrected chi connectivity index (χ0v) is 43.7. The van der Waals surface area contributed by atoms with E-state index >= 15 is 0 Å². The smallest absolute Gasteiger partial charge is 0.249 e. The molecule has 400 valence electrons. The van der Waals surface area contributed by atoms with Crippen molar-refractivity contribution in [2.45, 2.75) is 339 Å². The zero-order valence-electron chi connectivity index (χ0n) is 43.7. The molecule has 0 aromatic heterocycles. The molecule has 0 spiro atoms. The molecular formula is C56H111NO10. The standard InChI is InChI=1S/C56H111NO10/c1-3-5-7-9-11-13-14-15-16-17-18-19-20-21-22-23-24-25-26-27-28-29-30-31-32-33-34-35-36-38-40-42-44-49(60)55(65)57-47(46-66-56-54(64)53(63)52(62)50(45-58)67-56)51(61)48(59)43-41-39-37-12-10-8-6-4-2/h47-54,56,58-64H,3-46H2,1-2H3,(H,57,65). The summed E-state index contributed by atoms with van der Waals surface area (Å²) in [5.41, 5.74) is 0. The summed E-state index contributed by atoms with van der Waals surface area (Å²) in [5.74, 6) is -0.693. The molecule has 67 heavy (non-hydrogen) atoms. The van der Waals surface area contributed by atoms with E-state index in [4.69, 9.17) is 9.47 Å². The van der Waals surface area contributed by atoms with Gasteiger partial charge in [-0.2, -0.15) is 0 Å². The Kier molecular flexibility index (Phi) is 44.2. The minimum Gasteiger partial charge on any atom is -0.394 e. The van der Waals surface area contributed by atoms with Crippen LogP contribution in [0.5, 0.6) is 0 Å². The van der Waals surface area contributed by atoms with Gasteiger partial charge in [-0.25, -0.2) is 0 Å². The summed E-state index contributed by atoms with van der Waals surface area (Å²) in [7, 11) is 0. The van der Waals surface area contributed by atoms with Crippen LogP contribution >= 0.6 is 0 Å². The van der Waals surface area contributed by atoms with Crippen molar-refractivity contribution in [3.63, 3.8) is 0 Å². The van der Waals surface area contributed by atoms with Crippen molar-refractivity contribution in [1.29, 1.82) is 0 Å². The fourth-order valence-corrected chi connectivity index (χ4v) is 9.68. The number of hydrogen-bond acceptors (Lipinski definition) is 10. The lowest BCUT2D eigenvalue weighted by Gasteiger charge is -2.40. The van der Waals surface area contributed by atoms with Gasteiger partial charge in [0.05, 0.1) is 25.4 Å². The molecular weight excluding hydrogens is 847 g/mol. The van der Waals surface area contributed by atoms with E-state index in [-0.39, 0.29) is 6.42 Å². The van der Waals surface area contributed by atoms with E-state index in [2.05, 4.69) is 19.2 Å². The number of aliphatic hydroxyl groups is 7. The van der Waals surface area contributed by atoms with Gasteiger partial charge in [-0.05, 0) is 12.8 Å². The molecule has 0 saturated carbocycles. The Bertz CT molecular complexity index is 1050. The zero-order chi connectivity index (χ0) is 49.0. The molecule has 1 rings (SSSR count). The summed E-state index contributed by atoms with van der Waals surface area (Å²) in [6.45, 7) is 3.43. The van der Waals surface area contributed by atoms with Gasteiger partial charge >= 0.3 is 0 Å². The first-order chi connectivity index (χ1) is 32.7. The van der Waals surface area contributed by atoms with E-state index in [1.807, 2.05) is 0 Å². The maximum absolute atomic E-state index is 13.1. The van der Waals surface area contributed by atoms with Crippen molar-refractivity contribution in [2.24, 2.45) is 0 Å². The van der Waals surface area contributed by atoms with Gasteiger partial charge in [0, 0.05) is 0 Å². The van der Waals surface area contributed by atoms with Gasteiger partial charge in [0.15, 0.2) is 6.29 Å². The topological polar surface area (TPSA) is 189 Å². The molecule has 1 amide bonds. The average molecular weight is 959 g/mol. The molecule has 1 fully saturated rings. The number of unbranched alkanes of at least 4 members (excludes halogenated alkanes) is 38. The highest BCUT2D eigenvalue weighted by Gasteiger charge is 2.44. The summed E-state index contributed by atoms with van der Waals surface area (Å²) in [6, 6.07) is -1.16. The van der Waals surface area contributed by atoms with E-state index in [1.165, 1.54) is 205 Å². The summed E-state index contributed by atoms with van der Waals surface area (Å²) in [6.07, 6.45) is 40.8. The Morgan fingerprint density at radius 2 is 0.776 bits per heavy atom. The molecule has 1 aliphatic rings. The number of ether oxygens (including phenoxy) is 2. The average Bonchev–Trinajstić information content (AvgIpc) is 3.33. The third-order valence-corrected chi connectivity index (χ3v) is 14.4. The summed E-state index contributed by atoms with van der Waals surface area (Å²) < 4.78 is 11.1. The fourth-order valence-electron chi connectivity index (χ4n) is 9.68. The lowest BCUT2D eigenvalue weighted by atomic mass is 9.98. The Hall–Kier alpha value is -0.890. The fraction of sp³-hybridized carbons (Fsp3) is 0.982. The van der Waals surface area contributed by atoms with Crippen molar-refractivity contribution < 1.29 is 50.0 Å². The Balaban J connectivity index is 2.11. The normalized spacial score (nSPS) is 20.5. The lowest BCUT2D eigenvalue weighted by Crippen LogP contribution is -2.60. The molecule has 0 bridgehead atoms. The van der Waals surface area contributed by atoms with Gasteiger partial charge in [0.1, 0.15) is 36.6 Å². The van der Waals surface area contributed by atoms with E-state index in [0.717, 1.165) is 38.5 Å². The first kappa shape index (κ1) is 64.1. The first-order valence-electron chi connectivity index (χ1n) is 28.9. The van der Waals surface area contributed by atoms with E-state index in [1.54, 1.807) is 0 Å². The number of carbonyl (C=O) groups excluding carboxylic acids is 1. The highest BCUT2D eigenvalue weighted by Crippen LogP contribution is 2.24. The van der Waals surface area contributed by atoms with Crippen LogP contribution in [0.2, 0.25) is 0 Å². The van der Waals surface area contributed by atoms with Crippen LogP contribution in [-0.2, 0) is 14.3 Å². The van der Waals surface area contributed by atoms with Crippen LogP contribution in [0.4, 0.5) is 0 Å². The van der Waals surface area contributed by atoms with Crippen LogP contribution in [0.1, 0.15) is 284 Å². The van der Waals surface area contributed by atoms with E-state index in [9.17, 15) is 40.5 Å². The van der Waals surface area contributed by atoms with Crippen molar-refractivity contribution in [2.75, 3.05) is 13.2 Å². The Morgan fingerprint density at radius 3 is 1.10 bits per heavy atom. The molecule has 9 atom stereocenters. The van der Waals surface area contributed by atoms with E-state index < -0.39 is 74.2 Å². The van der Waals surface area contributed by atoms with Gasteiger partial charge < -0.3 is 50.5 Å². The number of aliphatic hydroxyl groups excluding tert-OH is 7. The molecule has 11 nitrogen and oxygen atoms in total. The predicted octanol–water partition coefficient (Wildman–Crippen LogP) is 11.8. The molecule has 0 aromatic carbocycles. The minimum atomic E-state index is -1.66. The maximum atomic E-state index is 13.1. The van der Waals surface area contributed by atoms with E-state index in [0.29, 0.717) is 19.3 Å². The van der Waals surface area contributed by atoms with Crippen LogP contribution in [-0.4, -0.2) is 110 Å². The SMILES string of the molecule is CCCCCCCCCCCCCCCCCCCCCCCCCCCCCCCCCCC(O)C(=O)NC(COC1OC(CO)C(O)C(O)C1O)C(O)C(O)CCCCCCCCCC. The highest BCUT2D eigenvalue weighted by atomic mass is 16.7. The summed E-state index contributed by atoms with van der Waals surface area (Å²) >= 11 is 0. The first-order valence-corrected chi connectivity index (χ1v) is 28.9. The number of rotatable bonds is 50. The van der Waals surface area contributed by atoms with Crippen LogP contribution in [0.15, 0.2) is 0 Å². The molecule has 11 heteroatoms. The maximum Gasteiger partial charge on any atom is 0.249 e. The van der Waals surface area contributed by atoms with Crippen LogP contribution in [0.25, 0.3) is 0 Å². The highest BCUT2D eigenvalue weighted by molar-refractivity contribution is 5.80. The van der Waals surface area contributed by atoms with Crippen molar-refractivity contribution in [3.05, 3.63) is 0 Å². The number of carbonyl (C=O) groups is 1. The number of nitrogens with one attached hydrogen (secondary N) is 1. The van der Waals surface area contributed by atoms with Crippen molar-refractivity contribution in [1.82, 2.24) is 5.32 Å². The molecule has 0 aromatic rings. The number of hydrogen-bond donors (Lipinski definition) is 8. The quantitative estimate of drug-likeness (QED) is 0.0273. The third-order valence-electron chi connectivity index (χ3n) is 14.4. The summed E-state index contributed by atoms with van der Waals surface area (Å²) in [5, 5.41) is 75.7. The molecule has 9 unspecified atom stereocenters. The second-order valence-corrected chi connectivity index (χ2v) is 20.7. The van der Waals surface area contributed by atoms with Gasteiger partial charge in [-0.1, -0.05) is 271 Å². The van der Waals surface area contributed by atoms with Crippen LogP contribution in [0, 0.1) is 0 Å². The van der Waals surface area contributed by atoms with Crippen molar-refractivity contribution in [3.8, 4) is 0 Å². The lowest BCUT2D eigenvalue weighted by molar-refractivity contribution is -0.303. The Labute approximate surface area is 411 Å². The van der Waals surface area contributed by atoms with Gasteiger partial charge in [-0.3, -0.25) is 4.79 Å². The second kappa shape index (κ2) is 46.2. The molecule has 1 heterocycles. The second-order valence-electron chi connectivity index (χ2n) is 20.7. The van der Waals surface area contributed by atoms with Crippen molar-refractivity contribution >= 4 is 5.91 Å². The number of amides is 1. The van der Waals surface area contributed by atoms with Crippen LogP contribution < -0.4 is 5.32 Å². The van der Waals surface area contributed by atoms with Gasteiger partial charge in [0.2, 0.25) is 5.91 Å². The minimum absolute atomic E-state index is 0.266. The largest absolute Gasteiger partial charge is 0.394 e. The molecule has 1 aliphatic heterocycles. The molecule has 0 aliphatic carbocycles.